The molecule has 0 aromatic rings. The minimum absolute atomic E-state index is 0.0821. The summed E-state index contributed by atoms with van der Waals surface area (Å²) in [4.78, 5) is 33.2. The Balaban J connectivity index is 4.02. The van der Waals surface area contributed by atoms with Gasteiger partial charge in [0, 0.05) is 18.7 Å². The van der Waals surface area contributed by atoms with Gasteiger partial charge in [-0.1, -0.05) is 13.8 Å². The number of hydrogen-bond acceptors (Lipinski definition) is 4. The molecular formula is C12H22N2O4S. The van der Waals surface area contributed by atoms with Gasteiger partial charge < -0.3 is 15.7 Å². The summed E-state index contributed by atoms with van der Waals surface area (Å²) in [6.45, 7) is 7.20. The molecule has 0 heterocycles. The second kappa shape index (κ2) is 8.79. The van der Waals surface area contributed by atoms with E-state index in [0.29, 0.717) is 5.92 Å². The highest BCUT2D eigenvalue weighted by atomic mass is 32.2. The molecule has 6 nitrogen and oxygen atoms in total. The predicted molar refractivity (Wildman–Crippen MR) is 75.0 cm³/mol. The van der Waals surface area contributed by atoms with Crippen molar-refractivity contribution in [2.24, 2.45) is 5.92 Å². The molecule has 1 unspecified atom stereocenters. The molecule has 0 aromatic carbocycles. The molecule has 0 rings (SSSR count). The van der Waals surface area contributed by atoms with Crippen LogP contribution in [0.2, 0.25) is 0 Å². The van der Waals surface area contributed by atoms with E-state index in [-0.39, 0.29) is 23.5 Å². The molecule has 0 fully saturated rings. The molecule has 0 aliphatic rings. The van der Waals surface area contributed by atoms with E-state index < -0.39 is 17.9 Å². The Morgan fingerprint density at radius 2 is 1.74 bits per heavy atom. The largest absolute Gasteiger partial charge is 0.480 e. The smallest absolute Gasteiger partial charge is 0.327 e. The van der Waals surface area contributed by atoms with Crippen LogP contribution < -0.4 is 10.6 Å². The number of rotatable bonds is 8. The number of aliphatic carboxylic acids is 1. The maximum Gasteiger partial charge on any atom is 0.327 e. The molecule has 19 heavy (non-hydrogen) atoms. The average Bonchev–Trinajstić information content (AvgIpc) is 2.26. The van der Waals surface area contributed by atoms with Crippen molar-refractivity contribution in [3.05, 3.63) is 0 Å². The second-order valence-electron chi connectivity index (χ2n) is 4.71. The van der Waals surface area contributed by atoms with Gasteiger partial charge in [0.1, 0.15) is 6.04 Å². The lowest BCUT2D eigenvalue weighted by Gasteiger charge is -2.17. The second-order valence-corrected chi connectivity index (χ2v) is 5.74. The van der Waals surface area contributed by atoms with Crippen molar-refractivity contribution in [1.82, 2.24) is 10.6 Å². The van der Waals surface area contributed by atoms with Crippen LogP contribution in [0.15, 0.2) is 0 Å². The summed E-state index contributed by atoms with van der Waals surface area (Å²) in [6, 6.07) is -0.878. The van der Waals surface area contributed by atoms with Crippen LogP contribution in [0.1, 0.15) is 27.7 Å². The van der Waals surface area contributed by atoms with Gasteiger partial charge in [-0.15, -0.1) is 11.8 Å². The van der Waals surface area contributed by atoms with Gasteiger partial charge >= 0.3 is 5.97 Å². The lowest BCUT2D eigenvalue weighted by Crippen LogP contribution is -2.42. The number of nitrogens with one attached hydrogen (secondary N) is 2. The van der Waals surface area contributed by atoms with Crippen LogP contribution in [-0.4, -0.2) is 46.5 Å². The molecule has 2 amide bonds. The molecular weight excluding hydrogens is 268 g/mol. The van der Waals surface area contributed by atoms with Crippen molar-refractivity contribution in [1.29, 1.82) is 0 Å². The monoisotopic (exact) mass is 290 g/mol. The fraction of sp³-hybridized carbons (Fsp3) is 0.750. The van der Waals surface area contributed by atoms with E-state index in [0.717, 1.165) is 0 Å². The van der Waals surface area contributed by atoms with Crippen molar-refractivity contribution in [2.45, 2.75) is 39.8 Å². The summed E-state index contributed by atoms with van der Waals surface area (Å²) in [7, 11) is 0. The Bertz CT molecular complexity index is 334. The number of thioether (sulfide) groups is 1. The van der Waals surface area contributed by atoms with Gasteiger partial charge in [-0.3, -0.25) is 9.59 Å². The van der Waals surface area contributed by atoms with Gasteiger partial charge in [-0.25, -0.2) is 4.79 Å². The molecule has 0 spiro atoms. The molecule has 110 valence electrons. The molecule has 0 aliphatic carbocycles. The molecule has 3 N–H and O–H groups in total. The highest BCUT2D eigenvalue weighted by molar-refractivity contribution is 8.00. The minimum atomic E-state index is -1.10. The van der Waals surface area contributed by atoms with Crippen LogP contribution in [0.5, 0.6) is 0 Å². The first-order chi connectivity index (χ1) is 8.73. The number of amides is 2. The maximum atomic E-state index is 11.6. The van der Waals surface area contributed by atoms with Crippen LogP contribution >= 0.6 is 11.8 Å². The van der Waals surface area contributed by atoms with Gasteiger partial charge in [0.05, 0.1) is 5.75 Å². The van der Waals surface area contributed by atoms with Gasteiger partial charge in [0.2, 0.25) is 11.8 Å². The number of hydrogen-bond donors (Lipinski definition) is 3. The third kappa shape index (κ3) is 8.47. The molecule has 0 bridgehead atoms. The molecule has 0 aromatic heterocycles. The van der Waals surface area contributed by atoms with E-state index in [1.165, 1.54) is 18.7 Å². The number of carbonyl (C=O) groups excluding carboxylic acids is 2. The number of carboxylic acids is 1. The van der Waals surface area contributed by atoms with Crippen molar-refractivity contribution in [2.75, 3.05) is 11.5 Å². The lowest BCUT2D eigenvalue weighted by atomic mass is 10.1. The average molecular weight is 290 g/mol. The summed E-state index contributed by atoms with van der Waals surface area (Å²) >= 11 is 1.19. The third-order valence-corrected chi connectivity index (χ3v) is 3.62. The van der Waals surface area contributed by atoms with Crippen LogP contribution in [0.4, 0.5) is 0 Å². The highest BCUT2D eigenvalue weighted by Gasteiger charge is 2.19. The number of carboxylic acid groups (broad SMARTS) is 1. The minimum Gasteiger partial charge on any atom is -0.480 e. The van der Waals surface area contributed by atoms with E-state index in [4.69, 9.17) is 5.11 Å². The predicted octanol–water partition coefficient (Wildman–Crippen LogP) is 0.470. The third-order valence-electron chi connectivity index (χ3n) is 2.58. The van der Waals surface area contributed by atoms with Gasteiger partial charge in [-0.2, -0.15) is 0 Å². The Kier molecular flexibility index (Phi) is 8.22. The number of carbonyl (C=O) groups is 3. The summed E-state index contributed by atoms with van der Waals surface area (Å²) in [5, 5.41) is 14.0. The zero-order valence-electron chi connectivity index (χ0n) is 11.7. The van der Waals surface area contributed by atoms with Crippen LogP contribution in [0.25, 0.3) is 0 Å². The molecule has 0 aliphatic heterocycles. The van der Waals surface area contributed by atoms with Crippen molar-refractivity contribution in [3.63, 3.8) is 0 Å². The van der Waals surface area contributed by atoms with Crippen LogP contribution in [0, 0.1) is 5.92 Å². The Labute approximate surface area is 117 Å². The molecule has 2 atom stereocenters. The van der Waals surface area contributed by atoms with E-state index in [1.54, 1.807) is 0 Å². The van der Waals surface area contributed by atoms with E-state index >= 15 is 0 Å². The van der Waals surface area contributed by atoms with Crippen molar-refractivity contribution in [3.8, 4) is 0 Å². The zero-order chi connectivity index (χ0) is 15.0. The summed E-state index contributed by atoms with van der Waals surface area (Å²) in [5.74, 6) is -0.929. The fourth-order valence-corrected chi connectivity index (χ4v) is 2.00. The summed E-state index contributed by atoms with van der Waals surface area (Å²) in [5.41, 5.74) is 0. The standard InChI is InChI=1S/C12H22N2O4S/c1-7(2)8(3)13-11(16)6-19-5-10(12(17)18)14-9(4)15/h7-8,10H,5-6H2,1-4H3,(H,13,16)(H,14,15)(H,17,18)/t8?,10-/m0/s1. The van der Waals surface area contributed by atoms with Crippen LogP contribution in [0.3, 0.4) is 0 Å². The first kappa shape index (κ1) is 17.8. The molecule has 7 heteroatoms. The fourth-order valence-electron chi connectivity index (χ4n) is 1.15. The SMILES string of the molecule is CC(=O)N[C@@H](CSCC(=O)NC(C)C(C)C)C(=O)O. The van der Waals surface area contributed by atoms with Gasteiger partial charge in [-0.05, 0) is 12.8 Å². The lowest BCUT2D eigenvalue weighted by molar-refractivity contribution is -0.140. The summed E-state index contributed by atoms with van der Waals surface area (Å²) < 4.78 is 0. The first-order valence-electron chi connectivity index (χ1n) is 6.11. The van der Waals surface area contributed by atoms with Gasteiger partial charge in [0.25, 0.3) is 0 Å². The highest BCUT2D eigenvalue weighted by Crippen LogP contribution is 2.05. The first-order valence-corrected chi connectivity index (χ1v) is 7.26. The maximum absolute atomic E-state index is 11.6. The molecule has 0 saturated heterocycles. The van der Waals surface area contributed by atoms with Gasteiger partial charge in [0.15, 0.2) is 0 Å². The van der Waals surface area contributed by atoms with E-state index in [9.17, 15) is 14.4 Å². The van der Waals surface area contributed by atoms with Crippen LogP contribution in [-0.2, 0) is 14.4 Å². The van der Waals surface area contributed by atoms with Crippen molar-refractivity contribution < 1.29 is 19.5 Å². The quantitative estimate of drug-likeness (QED) is 0.604. The van der Waals surface area contributed by atoms with E-state index in [1.807, 2.05) is 20.8 Å². The zero-order valence-corrected chi connectivity index (χ0v) is 12.5. The summed E-state index contributed by atoms with van der Waals surface area (Å²) in [6.07, 6.45) is 0. The normalized spacial score (nSPS) is 13.7. The van der Waals surface area contributed by atoms with E-state index in [2.05, 4.69) is 10.6 Å². The van der Waals surface area contributed by atoms with Crippen molar-refractivity contribution >= 4 is 29.5 Å². The Morgan fingerprint density at radius 1 is 1.16 bits per heavy atom. The Hall–Kier alpha value is -1.24. The molecule has 0 saturated carbocycles. The Morgan fingerprint density at radius 3 is 2.16 bits per heavy atom. The molecule has 0 radical (unpaired) electrons. The topological polar surface area (TPSA) is 95.5 Å².